The van der Waals surface area contributed by atoms with Gasteiger partial charge in [0.2, 0.25) is 5.91 Å². The van der Waals surface area contributed by atoms with Crippen LogP contribution < -0.4 is 10.9 Å². The second kappa shape index (κ2) is 9.36. The molecule has 1 atom stereocenters. The highest BCUT2D eigenvalue weighted by Gasteiger charge is 2.24. The molecule has 1 aliphatic carbocycles. The van der Waals surface area contributed by atoms with Crippen LogP contribution in [0.25, 0.3) is 10.2 Å². The summed E-state index contributed by atoms with van der Waals surface area (Å²) in [6.45, 7) is 6.41. The zero-order valence-electron chi connectivity index (χ0n) is 17.3. The molecule has 0 bridgehead atoms. The van der Waals surface area contributed by atoms with Crippen LogP contribution in [0.4, 0.5) is 10.1 Å². The number of hydrogen-bond acceptors (Lipinski definition) is 5. The third-order valence-corrected chi connectivity index (χ3v) is 7.51. The Kier molecular flexibility index (Phi) is 6.57. The summed E-state index contributed by atoms with van der Waals surface area (Å²) in [6.07, 6.45) is 4.98. The fourth-order valence-electron chi connectivity index (χ4n) is 3.80. The van der Waals surface area contributed by atoms with Gasteiger partial charge in [0, 0.05) is 29.3 Å². The van der Waals surface area contributed by atoms with Crippen molar-refractivity contribution < 1.29 is 9.18 Å². The number of rotatable bonds is 7. The second-order valence-corrected chi connectivity index (χ2v) is 9.93. The van der Waals surface area contributed by atoms with Gasteiger partial charge in [0.15, 0.2) is 5.16 Å². The number of carbonyl (C=O) groups is 1. The molecule has 3 aromatic rings. The number of amides is 1. The molecule has 2 aromatic heterocycles. The molecule has 1 amide bonds. The predicted octanol–water partition coefficient (Wildman–Crippen LogP) is 5.03. The summed E-state index contributed by atoms with van der Waals surface area (Å²) in [6, 6.07) is 5.66. The van der Waals surface area contributed by atoms with Crippen LogP contribution in [0.3, 0.4) is 0 Å². The molecule has 0 radical (unpaired) electrons. The molecule has 1 aromatic carbocycles. The topological polar surface area (TPSA) is 64.0 Å². The first-order valence-corrected chi connectivity index (χ1v) is 12.1. The zero-order valence-corrected chi connectivity index (χ0v) is 19.0. The Morgan fingerprint density at radius 3 is 2.94 bits per heavy atom. The van der Waals surface area contributed by atoms with E-state index in [1.807, 2.05) is 0 Å². The van der Waals surface area contributed by atoms with Crippen molar-refractivity contribution in [1.29, 1.82) is 0 Å². The third-order valence-electron chi connectivity index (χ3n) is 5.38. The minimum absolute atomic E-state index is 0.0183. The van der Waals surface area contributed by atoms with E-state index < -0.39 is 0 Å². The molecule has 1 aliphatic rings. The molecular weight excluding hydrogens is 433 g/mol. The second-order valence-electron chi connectivity index (χ2n) is 7.78. The van der Waals surface area contributed by atoms with Crippen molar-refractivity contribution in [3.63, 3.8) is 0 Å². The Morgan fingerprint density at radius 2 is 2.19 bits per heavy atom. The molecule has 1 N–H and O–H groups in total. The number of carbonyl (C=O) groups excluding carboxylic acids is 1. The highest BCUT2D eigenvalue weighted by atomic mass is 32.2. The number of hydrogen-bond donors (Lipinski definition) is 1. The van der Waals surface area contributed by atoms with E-state index in [0.29, 0.717) is 29.1 Å². The van der Waals surface area contributed by atoms with Crippen LogP contribution in [0.15, 0.2) is 46.9 Å². The van der Waals surface area contributed by atoms with Gasteiger partial charge in [-0.15, -0.1) is 17.9 Å². The molecule has 0 saturated heterocycles. The van der Waals surface area contributed by atoms with Crippen molar-refractivity contribution >= 4 is 44.9 Å². The van der Waals surface area contributed by atoms with Crippen molar-refractivity contribution in [1.82, 2.24) is 9.55 Å². The number of thiophene rings is 1. The van der Waals surface area contributed by atoms with Crippen molar-refractivity contribution in [2.75, 3.05) is 11.1 Å². The maximum atomic E-state index is 13.3. The predicted molar refractivity (Wildman–Crippen MR) is 126 cm³/mol. The highest BCUT2D eigenvalue weighted by Crippen LogP contribution is 2.36. The van der Waals surface area contributed by atoms with E-state index >= 15 is 0 Å². The summed E-state index contributed by atoms with van der Waals surface area (Å²) in [5.41, 5.74) is 1.71. The van der Waals surface area contributed by atoms with E-state index in [2.05, 4.69) is 18.8 Å². The summed E-state index contributed by atoms with van der Waals surface area (Å²) >= 11 is 3.02. The lowest BCUT2D eigenvalue weighted by Crippen LogP contribution is -2.23. The van der Waals surface area contributed by atoms with E-state index in [1.54, 1.807) is 22.0 Å². The fourth-order valence-corrected chi connectivity index (χ4v) is 6.17. The Balaban J connectivity index is 1.52. The molecule has 2 heterocycles. The number of nitrogens with one attached hydrogen (secondary N) is 1. The van der Waals surface area contributed by atoms with E-state index in [0.717, 1.165) is 29.5 Å². The quantitative estimate of drug-likeness (QED) is 0.307. The lowest BCUT2D eigenvalue weighted by atomic mass is 9.89. The summed E-state index contributed by atoms with van der Waals surface area (Å²) in [5, 5.41) is 4.12. The molecule has 0 saturated carbocycles. The zero-order chi connectivity index (χ0) is 22.0. The molecule has 31 heavy (non-hydrogen) atoms. The van der Waals surface area contributed by atoms with Gasteiger partial charge in [-0.2, -0.15) is 0 Å². The lowest BCUT2D eigenvalue weighted by Gasteiger charge is -2.17. The molecule has 5 nitrogen and oxygen atoms in total. The standard InChI is InChI=1S/C23H24FN3O2S2/c1-3-11-27-22(29)20-17-9-4-14(2)13-18(17)31-21(20)26-23(27)30-12-10-19(28)25-16-7-5-15(24)6-8-16/h3,5-8,14H,1,4,9-13H2,2H3,(H,25,28)/t14-/m1/s1. The largest absolute Gasteiger partial charge is 0.326 e. The first kappa shape index (κ1) is 21.8. The average molecular weight is 458 g/mol. The Morgan fingerprint density at radius 1 is 1.42 bits per heavy atom. The summed E-state index contributed by atoms with van der Waals surface area (Å²) < 4.78 is 14.7. The van der Waals surface area contributed by atoms with E-state index in [-0.39, 0.29) is 23.7 Å². The molecule has 0 aliphatic heterocycles. The molecule has 0 spiro atoms. The first-order valence-electron chi connectivity index (χ1n) is 10.3. The maximum absolute atomic E-state index is 13.3. The molecule has 0 unspecified atom stereocenters. The van der Waals surface area contributed by atoms with Gasteiger partial charge in [-0.3, -0.25) is 14.2 Å². The number of thioether (sulfide) groups is 1. The molecule has 8 heteroatoms. The van der Waals surface area contributed by atoms with Crippen LogP contribution in [0.5, 0.6) is 0 Å². The first-order chi connectivity index (χ1) is 15.0. The number of aryl methyl sites for hydroxylation is 1. The van der Waals surface area contributed by atoms with Gasteiger partial charge in [0.1, 0.15) is 10.6 Å². The molecular formula is C23H24FN3O2S2. The monoisotopic (exact) mass is 457 g/mol. The summed E-state index contributed by atoms with van der Waals surface area (Å²) in [4.78, 5) is 32.4. The number of halogens is 1. The average Bonchev–Trinajstić information content (AvgIpc) is 3.09. The van der Waals surface area contributed by atoms with Gasteiger partial charge in [-0.05, 0) is 55.0 Å². The van der Waals surface area contributed by atoms with Crippen LogP contribution in [-0.2, 0) is 24.2 Å². The SMILES string of the molecule is C=CCn1c(SCCC(=O)Nc2ccc(F)cc2)nc2sc3c(c2c1=O)CC[C@@H](C)C3. The lowest BCUT2D eigenvalue weighted by molar-refractivity contribution is -0.115. The fraction of sp³-hybridized carbons (Fsp3) is 0.348. The smallest absolute Gasteiger partial charge is 0.263 e. The molecule has 0 fully saturated rings. The van der Waals surface area contributed by atoms with Crippen molar-refractivity contribution in [2.45, 2.75) is 44.3 Å². The van der Waals surface area contributed by atoms with Crippen molar-refractivity contribution in [2.24, 2.45) is 5.92 Å². The van der Waals surface area contributed by atoms with Gasteiger partial charge in [-0.1, -0.05) is 24.8 Å². The maximum Gasteiger partial charge on any atom is 0.263 e. The number of nitrogens with zero attached hydrogens (tertiary/aromatic N) is 2. The Hall–Kier alpha value is -2.45. The van der Waals surface area contributed by atoms with E-state index in [1.165, 1.54) is 46.5 Å². The third kappa shape index (κ3) is 4.75. The van der Waals surface area contributed by atoms with Crippen LogP contribution in [0.2, 0.25) is 0 Å². The number of allylic oxidation sites excluding steroid dienone is 1. The highest BCUT2D eigenvalue weighted by molar-refractivity contribution is 7.99. The minimum Gasteiger partial charge on any atom is -0.326 e. The van der Waals surface area contributed by atoms with Gasteiger partial charge < -0.3 is 5.32 Å². The van der Waals surface area contributed by atoms with Crippen molar-refractivity contribution in [3.05, 3.63) is 63.5 Å². The number of fused-ring (bicyclic) bond motifs is 3. The van der Waals surface area contributed by atoms with Gasteiger partial charge >= 0.3 is 0 Å². The Bertz CT molecular complexity index is 1180. The van der Waals surface area contributed by atoms with Gasteiger partial charge in [0.25, 0.3) is 5.56 Å². The Labute approximate surface area is 188 Å². The normalized spacial score (nSPS) is 15.6. The van der Waals surface area contributed by atoms with Crippen LogP contribution in [0.1, 0.15) is 30.2 Å². The summed E-state index contributed by atoms with van der Waals surface area (Å²) in [5.74, 6) is 0.590. The van der Waals surface area contributed by atoms with Gasteiger partial charge in [-0.25, -0.2) is 9.37 Å². The molecule has 162 valence electrons. The van der Waals surface area contributed by atoms with Crippen LogP contribution >= 0.6 is 23.1 Å². The molecule has 4 rings (SSSR count). The summed E-state index contributed by atoms with van der Waals surface area (Å²) in [7, 11) is 0. The van der Waals surface area contributed by atoms with E-state index in [9.17, 15) is 14.0 Å². The minimum atomic E-state index is -0.347. The number of anilines is 1. The number of benzene rings is 1. The number of aromatic nitrogens is 2. The van der Waals surface area contributed by atoms with E-state index in [4.69, 9.17) is 4.98 Å². The van der Waals surface area contributed by atoms with Crippen molar-refractivity contribution in [3.8, 4) is 0 Å². The van der Waals surface area contributed by atoms with Crippen LogP contribution in [-0.4, -0.2) is 21.2 Å². The van der Waals surface area contributed by atoms with Gasteiger partial charge in [0.05, 0.1) is 5.39 Å². The van der Waals surface area contributed by atoms with Crippen LogP contribution in [0, 0.1) is 11.7 Å².